The Bertz CT molecular complexity index is 377. The van der Waals surface area contributed by atoms with Crippen LogP contribution in [0.15, 0.2) is 24.3 Å². The van der Waals surface area contributed by atoms with Crippen LogP contribution in [0.3, 0.4) is 0 Å². The van der Waals surface area contributed by atoms with Crippen LogP contribution in [-0.4, -0.2) is 29.9 Å². The van der Waals surface area contributed by atoms with Gasteiger partial charge in [0, 0.05) is 12.0 Å². The van der Waals surface area contributed by atoms with E-state index in [-0.39, 0.29) is 18.2 Å². The van der Waals surface area contributed by atoms with Gasteiger partial charge in [0.05, 0.1) is 6.61 Å². The van der Waals surface area contributed by atoms with E-state index in [1.807, 2.05) is 12.1 Å². The van der Waals surface area contributed by atoms with Gasteiger partial charge in [-0.1, -0.05) is 24.6 Å². The third kappa shape index (κ3) is 3.03. The highest BCUT2D eigenvalue weighted by Crippen LogP contribution is 2.32. The molecule has 0 spiro atoms. The Balaban J connectivity index is 1.94. The summed E-state index contributed by atoms with van der Waals surface area (Å²) in [6.07, 6.45) is 3.07. The van der Waals surface area contributed by atoms with Crippen LogP contribution >= 0.6 is 0 Å². The van der Waals surface area contributed by atoms with Crippen LogP contribution in [0, 0.1) is 6.92 Å². The average Bonchev–Trinajstić information content (AvgIpc) is 2.77. The predicted molar refractivity (Wildman–Crippen MR) is 72.9 cm³/mol. The lowest BCUT2D eigenvalue weighted by molar-refractivity contribution is 0.142. The molecule has 0 aromatic heterocycles. The highest BCUT2D eigenvalue weighted by Gasteiger charge is 2.39. The van der Waals surface area contributed by atoms with Crippen molar-refractivity contribution in [2.45, 2.75) is 44.8 Å². The molecule has 1 fully saturated rings. The fourth-order valence-corrected chi connectivity index (χ4v) is 2.72. The van der Waals surface area contributed by atoms with Gasteiger partial charge in [-0.25, -0.2) is 0 Å². The average molecular weight is 249 g/mol. The van der Waals surface area contributed by atoms with Gasteiger partial charge in [0.15, 0.2) is 0 Å². The first-order valence-corrected chi connectivity index (χ1v) is 6.77. The molecular formula is C15H23NO2. The molecule has 2 atom stereocenters. The first-order valence-electron chi connectivity index (χ1n) is 6.77. The van der Waals surface area contributed by atoms with Gasteiger partial charge in [-0.15, -0.1) is 0 Å². The zero-order chi connectivity index (χ0) is 13.0. The normalized spacial score (nSPS) is 27.4. The SMILES string of the molecule is CCNC1(CO)CCC(Oc2ccc(C)cc2)C1. The van der Waals surface area contributed by atoms with Gasteiger partial charge in [0.25, 0.3) is 0 Å². The smallest absolute Gasteiger partial charge is 0.119 e. The molecule has 18 heavy (non-hydrogen) atoms. The summed E-state index contributed by atoms with van der Waals surface area (Å²) in [5.41, 5.74) is 1.11. The molecule has 3 nitrogen and oxygen atoms in total. The quantitative estimate of drug-likeness (QED) is 0.841. The molecule has 0 radical (unpaired) electrons. The molecule has 3 heteroatoms. The van der Waals surface area contributed by atoms with E-state index in [0.717, 1.165) is 31.6 Å². The molecule has 1 saturated carbocycles. The summed E-state index contributed by atoms with van der Waals surface area (Å²) in [4.78, 5) is 0. The molecule has 1 aliphatic carbocycles. The maximum Gasteiger partial charge on any atom is 0.119 e. The van der Waals surface area contributed by atoms with E-state index in [0.29, 0.717) is 0 Å². The minimum absolute atomic E-state index is 0.135. The van der Waals surface area contributed by atoms with Gasteiger partial charge in [-0.3, -0.25) is 0 Å². The number of ether oxygens (including phenoxy) is 1. The lowest BCUT2D eigenvalue weighted by Crippen LogP contribution is -2.46. The van der Waals surface area contributed by atoms with Crippen LogP contribution in [0.1, 0.15) is 31.7 Å². The summed E-state index contributed by atoms with van der Waals surface area (Å²) in [7, 11) is 0. The fraction of sp³-hybridized carbons (Fsp3) is 0.600. The van der Waals surface area contributed by atoms with Crippen molar-refractivity contribution in [3.05, 3.63) is 29.8 Å². The van der Waals surface area contributed by atoms with Gasteiger partial charge in [-0.05, 0) is 38.4 Å². The van der Waals surface area contributed by atoms with E-state index in [1.54, 1.807) is 0 Å². The molecule has 0 saturated heterocycles. The molecule has 2 N–H and O–H groups in total. The monoisotopic (exact) mass is 249 g/mol. The molecule has 0 bridgehead atoms. The van der Waals surface area contributed by atoms with E-state index >= 15 is 0 Å². The van der Waals surface area contributed by atoms with Gasteiger partial charge in [-0.2, -0.15) is 0 Å². The Hall–Kier alpha value is -1.06. The fourth-order valence-electron chi connectivity index (χ4n) is 2.72. The van der Waals surface area contributed by atoms with Gasteiger partial charge < -0.3 is 15.2 Å². The second-order valence-electron chi connectivity index (χ2n) is 5.26. The Morgan fingerprint density at radius 1 is 1.39 bits per heavy atom. The Morgan fingerprint density at radius 3 is 2.72 bits per heavy atom. The predicted octanol–water partition coefficient (Wildman–Crippen LogP) is 2.27. The van der Waals surface area contributed by atoms with Crippen LogP contribution in [0.25, 0.3) is 0 Å². The highest BCUT2D eigenvalue weighted by molar-refractivity contribution is 5.26. The third-order valence-electron chi connectivity index (χ3n) is 3.74. The standard InChI is InChI=1S/C15H23NO2/c1-3-16-15(11-17)9-8-14(10-15)18-13-6-4-12(2)5-7-13/h4-7,14,16-17H,3,8-11H2,1-2H3. The molecule has 2 rings (SSSR count). The zero-order valence-corrected chi connectivity index (χ0v) is 11.3. The van der Waals surface area contributed by atoms with Crippen molar-refractivity contribution in [1.29, 1.82) is 0 Å². The molecule has 1 aromatic rings. The first-order chi connectivity index (χ1) is 8.67. The lowest BCUT2D eigenvalue weighted by atomic mass is 9.99. The molecular weight excluding hydrogens is 226 g/mol. The highest BCUT2D eigenvalue weighted by atomic mass is 16.5. The summed E-state index contributed by atoms with van der Waals surface area (Å²) in [5.74, 6) is 0.927. The Morgan fingerprint density at radius 2 is 2.11 bits per heavy atom. The second kappa shape index (κ2) is 5.72. The van der Waals surface area contributed by atoms with E-state index in [2.05, 4.69) is 31.3 Å². The topological polar surface area (TPSA) is 41.5 Å². The maximum atomic E-state index is 9.55. The van der Waals surface area contributed by atoms with Crippen molar-refractivity contribution < 1.29 is 9.84 Å². The first kappa shape index (κ1) is 13.4. The molecule has 0 heterocycles. The molecule has 0 aliphatic heterocycles. The van der Waals surface area contributed by atoms with Crippen LogP contribution in [-0.2, 0) is 0 Å². The minimum atomic E-state index is -0.135. The van der Waals surface area contributed by atoms with Gasteiger partial charge in [0.1, 0.15) is 11.9 Å². The molecule has 0 amide bonds. The number of aliphatic hydroxyl groups excluding tert-OH is 1. The minimum Gasteiger partial charge on any atom is -0.490 e. The lowest BCUT2D eigenvalue weighted by Gasteiger charge is -2.27. The maximum absolute atomic E-state index is 9.55. The number of benzene rings is 1. The van der Waals surface area contributed by atoms with Crippen molar-refractivity contribution in [1.82, 2.24) is 5.32 Å². The van der Waals surface area contributed by atoms with E-state index in [9.17, 15) is 5.11 Å². The largest absolute Gasteiger partial charge is 0.490 e. The number of rotatable bonds is 5. The molecule has 1 aromatic carbocycles. The summed E-state index contributed by atoms with van der Waals surface area (Å²) >= 11 is 0. The van der Waals surface area contributed by atoms with E-state index in [4.69, 9.17) is 4.74 Å². The number of nitrogens with one attached hydrogen (secondary N) is 1. The van der Waals surface area contributed by atoms with Crippen molar-refractivity contribution in [3.8, 4) is 5.75 Å². The van der Waals surface area contributed by atoms with Crippen LogP contribution in [0.4, 0.5) is 0 Å². The third-order valence-corrected chi connectivity index (χ3v) is 3.74. The Kier molecular flexibility index (Phi) is 4.25. The number of aliphatic hydroxyl groups is 1. The molecule has 1 aliphatic rings. The number of likely N-dealkylation sites (N-methyl/N-ethyl adjacent to an activating group) is 1. The van der Waals surface area contributed by atoms with Crippen LogP contribution in [0.5, 0.6) is 5.75 Å². The van der Waals surface area contributed by atoms with Crippen molar-refractivity contribution in [2.75, 3.05) is 13.2 Å². The summed E-state index contributed by atoms with van der Waals surface area (Å²) in [6.45, 7) is 5.22. The van der Waals surface area contributed by atoms with E-state index in [1.165, 1.54) is 5.56 Å². The van der Waals surface area contributed by atoms with Crippen molar-refractivity contribution in [3.63, 3.8) is 0 Å². The molecule has 100 valence electrons. The van der Waals surface area contributed by atoms with E-state index < -0.39 is 0 Å². The molecule has 2 unspecified atom stereocenters. The zero-order valence-electron chi connectivity index (χ0n) is 11.3. The summed E-state index contributed by atoms with van der Waals surface area (Å²) in [5, 5.41) is 13.0. The summed E-state index contributed by atoms with van der Waals surface area (Å²) < 4.78 is 5.98. The Labute approximate surface area is 109 Å². The van der Waals surface area contributed by atoms with Crippen LogP contribution < -0.4 is 10.1 Å². The van der Waals surface area contributed by atoms with Crippen molar-refractivity contribution in [2.24, 2.45) is 0 Å². The summed E-state index contributed by atoms with van der Waals surface area (Å²) in [6, 6.07) is 8.16. The number of hydrogen-bond donors (Lipinski definition) is 2. The van der Waals surface area contributed by atoms with Gasteiger partial charge >= 0.3 is 0 Å². The van der Waals surface area contributed by atoms with Gasteiger partial charge in [0.2, 0.25) is 0 Å². The second-order valence-corrected chi connectivity index (χ2v) is 5.26. The number of aryl methyl sites for hydroxylation is 1. The van der Waals surface area contributed by atoms with Crippen LogP contribution in [0.2, 0.25) is 0 Å². The van der Waals surface area contributed by atoms with Crippen molar-refractivity contribution >= 4 is 0 Å². The number of hydrogen-bond acceptors (Lipinski definition) is 3.